The van der Waals surface area contributed by atoms with E-state index in [1.54, 1.807) is 4.90 Å². The Bertz CT molecular complexity index is 625. The summed E-state index contributed by atoms with van der Waals surface area (Å²) in [4.78, 5) is 16.8. The largest absolute Gasteiger partial charge is 0.389 e. The van der Waals surface area contributed by atoms with Gasteiger partial charge in [0.2, 0.25) is 5.91 Å². The van der Waals surface area contributed by atoms with Crippen molar-refractivity contribution >= 4 is 5.91 Å². The molecule has 0 spiro atoms. The number of hydrogen-bond acceptors (Lipinski definition) is 2. The maximum Gasteiger partial charge on any atom is 0.389 e. The van der Waals surface area contributed by atoms with Gasteiger partial charge in [0.15, 0.2) is 0 Å². The number of fused-ring (bicyclic) bond motifs is 2. The fourth-order valence-corrected chi connectivity index (χ4v) is 5.09. The smallest absolute Gasteiger partial charge is 0.337 e. The topological polar surface area (TPSA) is 23.6 Å². The third-order valence-corrected chi connectivity index (χ3v) is 6.16. The van der Waals surface area contributed by atoms with Gasteiger partial charge in [0.1, 0.15) is 0 Å². The van der Waals surface area contributed by atoms with E-state index in [1.165, 1.54) is 5.56 Å². The molecule has 4 aliphatic heterocycles. The number of halogens is 3. The standard InChI is InChI=1S/C19H23F3N2O/c20-19(21,22)9-6-16(25)24-12-15(13-4-2-1-3-5-13)18-17(24)14-7-10-23(18)11-8-14/h1-5,14-15,17-18H,6-12H2/t15-,17+,18+/m1/s1. The molecule has 0 unspecified atom stereocenters. The van der Waals surface area contributed by atoms with E-state index in [1.807, 2.05) is 18.2 Å². The van der Waals surface area contributed by atoms with Crippen molar-refractivity contribution in [2.24, 2.45) is 5.92 Å². The highest BCUT2D eigenvalue weighted by molar-refractivity contribution is 5.77. The van der Waals surface area contributed by atoms with Crippen LogP contribution in [0.5, 0.6) is 0 Å². The van der Waals surface area contributed by atoms with Crippen LogP contribution in [0.4, 0.5) is 13.2 Å². The summed E-state index contributed by atoms with van der Waals surface area (Å²) in [5.41, 5.74) is 1.19. The third-order valence-electron chi connectivity index (χ3n) is 6.16. The van der Waals surface area contributed by atoms with Crippen molar-refractivity contribution < 1.29 is 18.0 Å². The molecule has 3 nitrogen and oxygen atoms in total. The Hall–Kier alpha value is -1.56. The fraction of sp³-hybridized carbons (Fsp3) is 0.632. The van der Waals surface area contributed by atoms with Crippen molar-refractivity contribution in [3.05, 3.63) is 35.9 Å². The predicted molar refractivity (Wildman–Crippen MR) is 88.1 cm³/mol. The van der Waals surface area contributed by atoms with E-state index in [2.05, 4.69) is 17.0 Å². The Morgan fingerprint density at radius 2 is 1.76 bits per heavy atom. The zero-order valence-electron chi connectivity index (χ0n) is 14.1. The van der Waals surface area contributed by atoms with Crippen LogP contribution in [0.25, 0.3) is 0 Å². The third kappa shape index (κ3) is 3.16. The molecule has 0 aliphatic carbocycles. The van der Waals surface area contributed by atoms with Crippen molar-refractivity contribution in [3.63, 3.8) is 0 Å². The quantitative estimate of drug-likeness (QED) is 0.832. The van der Waals surface area contributed by atoms with Gasteiger partial charge in [-0.1, -0.05) is 30.3 Å². The first-order valence-corrected chi connectivity index (χ1v) is 9.09. The van der Waals surface area contributed by atoms with Crippen molar-refractivity contribution in [1.29, 1.82) is 0 Å². The molecule has 0 aromatic heterocycles. The van der Waals surface area contributed by atoms with Crippen molar-refractivity contribution in [1.82, 2.24) is 9.80 Å². The van der Waals surface area contributed by atoms with E-state index in [0.717, 1.165) is 25.9 Å². The van der Waals surface area contributed by atoms with Crippen LogP contribution >= 0.6 is 0 Å². The summed E-state index contributed by atoms with van der Waals surface area (Å²) in [7, 11) is 0. The number of benzene rings is 1. The van der Waals surface area contributed by atoms with Crippen molar-refractivity contribution in [3.8, 4) is 0 Å². The van der Waals surface area contributed by atoms with Crippen molar-refractivity contribution in [2.45, 2.75) is 49.9 Å². The first-order chi connectivity index (χ1) is 11.9. The summed E-state index contributed by atoms with van der Waals surface area (Å²) in [6.45, 7) is 2.63. The van der Waals surface area contributed by atoms with E-state index < -0.39 is 19.0 Å². The second-order valence-corrected chi connectivity index (χ2v) is 7.53. The molecule has 0 N–H and O–H groups in total. The number of amides is 1. The maximum atomic E-state index is 12.6. The van der Waals surface area contributed by atoms with Gasteiger partial charge in [-0.05, 0) is 37.4 Å². The van der Waals surface area contributed by atoms with Crippen LogP contribution in [0.1, 0.15) is 37.2 Å². The molecule has 2 bridgehead atoms. The number of rotatable bonds is 3. The zero-order valence-corrected chi connectivity index (χ0v) is 14.1. The molecule has 1 amide bonds. The molecule has 4 heterocycles. The minimum atomic E-state index is -4.28. The summed E-state index contributed by atoms with van der Waals surface area (Å²) in [6.07, 6.45) is -3.63. The van der Waals surface area contributed by atoms with Crippen LogP contribution in [-0.2, 0) is 4.79 Å². The molecule has 4 saturated heterocycles. The summed E-state index contributed by atoms with van der Waals surface area (Å²) in [5, 5.41) is 0. The Morgan fingerprint density at radius 1 is 1.08 bits per heavy atom. The molecule has 4 fully saturated rings. The average molecular weight is 352 g/mol. The molecule has 1 aromatic carbocycles. The summed E-state index contributed by atoms with van der Waals surface area (Å²) in [6, 6.07) is 10.4. The highest BCUT2D eigenvalue weighted by atomic mass is 19.4. The lowest BCUT2D eigenvalue weighted by Crippen LogP contribution is -2.60. The molecule has 5 rings (SSSR count). The first kappa shape index (κ1) is 16.9. The van der Waals surface area contributed by atoms with Crippen LogP contribution < -0.4 is 0 Å². The van der Waals surface area contributed by atoms with Gasteiger partial charge in [-0.2, -0.15) is 13.2 Å². The predicted octanol–water partition coefficient (Wildman–Crippen LogP) is 3.42. The van der Waals surface area contributed by atoms with Gasteiger partial charge in [-0.3, -0.25) is 9.69 Å². The van der Waals surface area contributed by atoms with Gasteiger partial charge < -0.3 is 4.90 Å². The second kappa shape index (κ2) is 6.31. The molecule has 3 atom stereocenters. The summed E-state index contributed by atoms with van der Waals surface area (Å²) in [5.74, 6) is 0.294. The molecule has 0 saturated carbocycles. The molecular weight excluding hydrogens is 329 g/mol. The van der Waals surface area contributed by atoms with E-state index in [-0.39, 0.29) is 23.9 Å². The first-order valence-electron chi connectivity index (χ1n) is 9.09. The lowest BCUT2D eigenvalue weighted by Gasteiger charge is -2.51. The normalized spacial score (nSPS) is 34.2. The molecule has 6 heteroatoms. The van der Waals surface area contributed by atoms with Crippen LogP contribution in [0.2, 0.25) is 0 Å². The van der Waals surface area contributed by atoms with Gasteiger partial charge in [0, 0.05) is 24.9 Å². The lowest BCUT2D eigenvalue weighted by atomic mass is 9.75. The highest BCUT2D eigenvalue weighted by Gasteiger charge is 2.54. The molecule has 4 aliphatic rings. The van der Waals surface area contributed by atoms with Crippen molar-refractivity contribution in [2.75, 3.05) is 19.6 Å². The lowest BCUT2D eigenvalue weighted by molar-refractivity contribution is -0.151. The number of likely N-dealkylation sites (tertiary alicyclic amines) is 1. The minimum Gasteiger partial charge on any atom is -0.337 e. The van der Waals surface area contributed by atoms with Crippen LogP contribution in [0, 0.1) is 5.92 Å². The number of nitrogens with zero attached hydrogens (tertiary/aromatic N) is 2. The average Bonchev–Trinajstić information content (AvgIpc) is 3.04. The number of carbonyl (C=O) groups excluding carboxylic acids is 1. The molecular formula is C19H23F3N2O. The zero-order chi connectivity index (χ0) is 17.6. The molecule has 0 radical (unpaired) electrons. The van der Waals surface area contributed by atoms with E-state index >= 15 is 0 Å². The van der Waals surface area contributed by atoms with E-state index in [0.29, 0.717) is 12.5 Å². The summed E-state index contributed by atoms with van der Waals surface area (Å²) < 4.78 is 37.6. The number of carbonyl (C=O) groups is 1. The van der Waals surface area contributed by atoms with Gasteiger partial charge in [-0.15, -0.1) is 0 Å². The summed E-state index contributed by atoms with van der Waals surface area (Å²) >= 11 is 0. The number of piperidine rings is 3. The SMILES string of the molecule is O=C(CCC(F)(F)F)N1C[C@H](c2ccccc2)[C@H]2[C@@H]1C1CCN2CC1. The Labute approximate surface area is 145 Å². The van der Waals surface area contributed by atoms with Crippen LogP contribution in [-0.4, -0.2) is 53.6 Å². The molecule has 136 valence electrons. The Kier molecular flexibility index (Phi) is 4.26. The van der Waals surface area contributed by atoms with E-state index in [9.17, 15) is 18.0 Å². The van der Waals surface area contributed by atoms with Crippen LogP contribution in [0.3, 0.4) is 0 Å². The van der Waals surface area contributed by atoms with Crippen LogP contribution in [0.15, 0.2) is 30.3 Å². The van der Waals surface area contributed by atoms with Gasteiger partial charge in [-0.25, -0.2) is 0 Å². The van der Waals surface area contributed by atoms with Gasteiger partial charge in [0.05, 0.1) is 12.5 Å². The monoisotopic (exact) mass is 352 g/mol. The van der Waals surface area contributed by atoms with E-state index in [4.69, 9.17) is 0 Å². The minimum absolute atomic E-state index is 0.0773. The molecule has 25 heavy (non-hydrogen) atoms. The Morgan fingerprint density at radius 3 is 2.40 bits per heavy atom. The Balaban J connectivity index is 1.59. The van der Waals surface area contributed by atoms with Gasteiger partial charge in [0.25, 0.3) is 0 Å². The number of hydrogen-bond donors (Lipinski definition) is 0. The highest BCUT2D eigenvalue weighted by Crippen LogP contribution is 2.46. The van der Waals surface area contributed by atoms with Gasteiger partial charge >= 0.3 is 6.18 Å². The molecule has 1 aromatic rings. The number of alkyl halides is 3. The maximum absolute atomic E-state index is 12.6. The second-order valence-electron chi connectivity index (χ2n) is 7.53. The fourth-order valence-electron chi connectivity index (χ4n) is 5.09.